The van der Waals surface area contributed by atoms with Crippen LogP contribution in [0, 0.1) is 12.3 Å². The lowest BCUT2D eigenvalue weighted by molar-refractivity contribution is 0.226. The maximum atomic E-state index is 11.4. The molecule has 14 heavy (non-hydrogen) atoms. The molecular weight excluding hydrogens is 176 g/mol. The van der Waals surface area contributed by atoms with Crippen molar-refractivity contribution in [3.05, 3.63) is 0 Å². The van der Waals surface area contributed by atoms with Crippen LogP contribution in [-0.4, -0.2) is 18.1 Å². The Bertz CT molecular complexity index is 228. The average Bonchev–Trinajstić information content (AvgIpc) is 2.11. The van der Waals surface area contributed by atoms with Gasteiger partial charge in [-0.05, 0) is 25.7 Å². The molecule has 0 spiro atoms. The Morgan fingerprint density at radius 1 is 1.64 bits per heavy atom. The summed E-state index contributed by atoms with van der Waals surface area (Å²) in [5, 5.41) is 5.67. The minimum Gasteiger partial charge on any atom is -0.335 e. The molecule has 0 aromatic heterocycles. The fourth-order valence-electron chi connectivity index (χ4n) is 1.42. The van der Waals surface area contributed by atoms with Crippen molar-refractivity contribution in [1.29, 1.82) is 0 Å². The molecule has 2 amide bonds. The summed E-state index contributed by atoms with van der Waals surface area (Å²) < 4.78 is 0. The highest BCUT2D eigenvalue weighted by molar-refractivity contribution is 5.75. The van der Waals surface area contributed by atoms with Crippen molar-refractivity contribution in [3.63, 3.8) is 0 Å². The second-order valence-electron chi connectivity index (χ2n) is 3.75. The molecule has 3 nitrogen and oxygen atoms in total. The minimum atomic E-state index is -0.125. The highest BCUT2D eigenvalue weighted by Gasteiger charge is 2.19. The van der Waals surface area contributed by atoms with Gasteiger partial charge in [-0.25, -0.2) is 4.79 Å². The smallest absolute Gasteiger partial charge is 0.315 e. The topological polar surface area (TPSA) is 41.1 Å². The SMILES string of the molecule is C#CC(CCC)NC(=O)NC1CCC1. The maximum Gasteiger partial charge on any atom is 0.315 e. The zero-order valence-corrected chi connectivity index (χ0v) is 8.68. The van der Waals surface area contributed by atoms with Crippen LogP contribution in [0.25, 0.3) is 0 Å². The van der Waals surface area contributed by atoms with Gasteiger partial charge in [-0.1, -0.05) is 19.3 Å². The predicted octanol–water partition coefficient (Wildman–Crippen LogP) is 1.64. The fourth-order valence-corrected chi connectivity index (χ4v) is 1.42. The number of nitrogens with one attached hydrogen (secondary N) is 2. The van der Waals surface area contributed by atoms with E-state index in [4.69, 9.17) is 6.42 Å². The summed E-state index contributed by atoms with van der Waals surface area (Å²) >= 11 is 0. The van der Waals surface area contributed by atoms with Crippen LogP contribution in [0.2, 0.25) is 0 Å². The second-order valence-corrected chi connectivity index (χ2v) is 3.75. The van der Waals surface area contributed by atoms with E-state index in [1.165, 1.54) is 6.42 Å². The number of carbonyl (C=O) groups is 1. The van der Waals surface area contributed by atoms with Crippen LogP contribution in [0.1, 0.15) is 39.0 Å². The minimum absolute atomic E-state index is 0.119. The Morgan fingerprint density at radius 2 is 2.36 bits per heavy atom. The number of carbonyl (C=O) groups excluding carboxylic acids is 1. The highest BCUT2D eigenvalue weighted by atomic mass is 16.2. The van der Waals surface area contributed by atoms with Gasteiger partial charge in [0.1, 0.15) is 0 Å². The molecule has 0 heterocycles. The van der Waals surface area contributed by atoms with Gasteiger partial charge in [-0.2, -0.15) is 0 Å². The summed E-state index contributed by atoms with van der Waals surface area (Å²) in [5.41, 5.74) is 0. The lowest BCUT2D eigenvalue weighted by atomic mass is 9.93. The summed E-state index contributed by atoms with van der Waals surface area (Å²) in [4.78, 5) is 11.4. The number of hydrogen-bond donors (Lipinski definition) is 2. The molecule has 1 aliphatic rings. The van der Waals surface area contributed by atoms with Gasteiger partial charge in [0.25, 0.3) is 0 Å². The van der Waals surface area contributed by atoms with Crippen LogP contribution in [0.5, 0.6) is 0 Å². The third kappa shape index (κ3) is 3.29. The number of amides is 2. The Labute approximate surface area is 85.6 Å². The standard InChI is InChI=1S/C11H18N2O/c1-3-6-9(4-2)12-11(14)13-10-7-5-8-10/h2,9-10H,3,5-8H2,1H3,(H2,12,13,14). The lowest BCUT2D eigenvalue weighted by Crippen LogP contribution is -2.48. The first-order valence-electron chi connectivity index (χ1n) is 5.29. The molecule has 2 N–H and O–H groups in total. The summed E-state index contributed by atoms with van der Waals surface area (Å²) in [5.74, 6) is 2.57. The van der Waals surface area contributed by atoms with Gasteiger partial charge < -0.3 is 10.6 Å². The second kappa shape index (κ2) is 5.54. The van der Waals surface area contributed by atoms with Crippen LogP contribution in [0.15, 0.2) is 0 Å². The Kier molecular flexibility index (Phi) is 4.31. The molecular formula is C11H18N2O. The molecule has 1 aliphatic carbocycles. The third-order valence-corrected chi connectivity index (χ3v) is 2.52. The molecule has 1 unspecified atom stereocenters. The number of urea groups is 1. The Morgan fingerprint density at radius 3 is 2.79 bits per heavy atom. The van der Waals surface area contributed by atoms with Gasteiger partial charge in [0, 0.05) is 6.04 Å². The quantitative estimate of drug-likeness (QED) is 0.656. The van der Waals surface area contributed by atoms with Crippen LogP contribution in [0.4, 0.5) is 4.79 Å². The van der Waals surface area contributed by atoms with E-state index in [0.29, 0.717) is 6.04 Å². The van der Waals surface area contributed by atoms with E-state index in [2.05, 4.69) is 23.5 Å². The van der Waals surface area contributed by atoms with Gasteiger partial charge in [-0.3, -0.25) is 0 Å². The number of hydrogen-bond acceptors (Lipinski definition) is 1. The van der Waals surface area contributed by atoms with Crippen molar-refractivity contribution >= 4 is 6.03 Å². The zero-order chi connectivity index (χ0) is 10.4. The number of terminal acetylenes is 1. The number of rotatable bonds is 4. The normalized spacial score (nSPS) is 17.7. The Hall–Kier alpha value is -1.17. The molecule has 78 valence electrons. The monoisotopic (exact) mass is 194 g/mol. The molecule has 0 aromatic rings. The van der Waals surface area contributed by atoms with Crippen LogP contribution < -0.4 is 10.6 Å². The van der Waals surface area contributed by atoms with Crippen LogP contribution in [-0.2, 0) is 0 Å². The first-order valence-corrected chi connectivity index (χ1v) is 5.29. The van der Waals surface area contributed by atoms with E-state index >= 15 is 0 Å². The fraction of sp³-hybridized carbons (Fsp3) is 0.727. The van der Waals surface area contributed by atoms with Crippen molar-refractivity contribution in [2.45, 2.75) is 51.1 Å². The molecule has 1 rings (SSSR count). The van der Waals surface area contributed by atoms with Gasteiger partial charge >= 0.3 is 6.03 Å². The Balaban J connectivity index is 2.20. The first-order chi connectivity index (χ1) is 6.76. The summed E-state index contributed by atoms with van der Waals surface area (Å²) in [6.07, 6.45) is 10.5. The highest BCUT2D eigenvalue weighted by Crippen LogP contribution is 2.17. The molecule has 0 radical (unpaired) electrons. The first kappa shape index (κ1) is 10.9. The van der Waals surface area contributed by atoms with E-state index in [1.54, 1.807) is 0 Å². The van der Waals surface area contributed by atoms with Gasteiger partial charge in [0.15, 0.2) is 0 Å². The molecule has 1 fully saturated rings. The molecule has 0 saturated heterocycles. The van der Waals surface area contributed by atoms with Crippen molar-refractivity contribution < 1.29 is 4.79 Å². The average molecular weight is 194 g/mol. The lowest BCUT2D eigenvalue weighted by Gasteiger charge is -2.27. The van der Waals surface area contributed by atoms with E-state index < -0.39 is 0 Å². The molecule has 3 heteroatoms. The summed E-state index contributed by atoms with van der Waals surface area (Å²) in [7, 11) is 0. The molecule has 1 atom stereocenters. The third-order valence-electron chi connectivity index (χ3n) is 2.52. The largest absolute Gasteiger partial charge is 0.335 e. The van der Waals surface area contributed by atoms with E-state index in [9.17, 15) is 4.79 Å². The van der Waals surface area contributed by atoms with E-state index in [0.717, 1.165) is 25.7 Å². The van der Waals surface area contributed by atoms with Gasteiger partial charge in [0.2, 0.25) is 0 Å². The molecule has 0 bridgehead atoms. The van der Waals surface area contributed by atoms with Crippen LogP contribution in [0.3, 0.4) is 0 Å². The van der Waals surface area contributed by atoms with Crippen LogP contribution >= 0.6 is 0 Å². The summed E-state index contributed by atoms with van der Waals surface area (Å²) in [6.45, 7) is 2.05. The van der Waals surface area contributed by atoms with E-state index in [-0.39, 0.29) is 12.1 Å². The molecule has 0 aliphatic heterocycles. The predicted molar refractivity (Wildman–Crippen MR) is 56.8 cm³/mol. The summed E-state index contributed by atoms with van der Waals surface area (Å²) in [6, 6.07) is 0.126. The maximum absolute atomic E-state index is 11.4. The van der Waals surface area contributed by atoms with Crippen molar-refractivity contribution in [1.82, 2.24) is 10.6 Å². The van der Waals surface area contributed by atoms with Gasteiger partial charge in [0.05, 0.1) is 6.04 Å². The molecule has 0 aromatic carbocycles. The van der Waals surface area contributed by atoms with Crippen molar-refractivity contribution in [2.24, 2.45) is 0 Å². The zero-order valence-electron chi connectivity index (χ0n) is 8.68. The van der Waals surface area contributed by atoms with Crippen molar-refractivity contribution in [2.75, 3.05) is 0 Å². The van der Waals surface area contributed by atoms with Crippen molar-refractivity contribution in [3.8, 4) is 12.3 Å². The molecule has 1 saturated carbocycles. The van der Waals surface area contributed by atoms with E-state index in [1.807, 2.05) is 0 Å². The van der Waals surface area contributed by atoms with Gasteiger partial charge in [-0.15, -0.1) is 6.42 Å².